The molecule has 8 heteroatoms. The van der Waals surface area contributed by atoms with Crippen LogP contribution in [0, 0.1) is 5.82 Å². The van der Waals surface area contributed by atoms with Crippen LogP contribution in [0.1, 0.15) is 6.42 Å². The van der Waals surface area contributed by atoms with Gasteiger partial charge in [0.1, 0.15) is 10.7 Å². The predicted molar refractivity (Wildman–Crippen MR) is 73.6 cm³/mol. The van der Waals surface area contributed by atoms with E-state index in [0.29, 0.717) is 26.3 Å². The number of nitrogens with zero attached hydrogens (tertiary/aromatic N) is 1. The van der Waals surface area contributed by atoms with Crippen LogP contribution in [0.25, 0.3) is 0 Å². The number of halogens is 1. The zero-order chi connectivity index (χ0) is 15.3. The van der Waals surface area contributed by atoms with E-state index in [1.165, 1.54) is 18.2 Å². The molecule has 0 aromatic heterocycles. The lowest BCUT2D eigenvalue weighted by atomic mass is 10.3. The molecule has 1 heterocycles. The maximum absolute atomic E-state index is 13.5. The Morgan fingerprint density at radius 2 is 1.95 bits per heavy atom. The van der Waals surface area contributed by atoms with E-state index in [0.717, 1.165) is 6.07 Å². The van der Waals surface area contributed by atoms with Gasteiger partial charge in [0, 0.05) is 26.1 Å². The van der Waals surface area contributed by atoms with Gasteiger partial charge in [-0.05, 0) is 12.1 Å². The molecule has 1 amide bonds. The van der Waals surface area contributed by atoms with Crippen molar-refractivity contribution < 1.29 is 22.3 Å². The molecule has 0 spiro atoms. The molecule has 21 heavy (non-hydrogen) atoms. The molecule has 1 fully saturated rings. The predicted octanol–water partition coefficient (Wildman–Crippen LogP) is 0.353. The van der Waals surface area contributed by atoms with E-state index >= 15 is 0 Å². The molecule has 1 aliphatic rings. The zero-order valence-electron chi connectivity index (χ0n) is 11.4. The summed E-state index contributed by atoms with van der Waals surface area (Å²) in [6, 6.07) is 5.11. The second-order valence-electron chi connectivity index (χ2n) is 4.57. The van der Waals surface area contributed by atoms with Crippen LogP contribution in [0.2, 0.25) is 0 Å². The molecule has 1 aromatic rings. The van der Waals surface area contributed by atoms with Gasteiger partial charge in [-0.3, -0.25) is 4.79 Å². The Morgan fingerprint density at radius 1 is 1.29 bits per heavy atom. The Morgan fingerprint density at radius 3 is 2.62 bits per heavy atom. The number of hydrogen-bond acceptors (Lipinski definition) is 4. The Balaban J connectivity index is 1.88. The van der Waals surface area contributed by atoms with Crippen LogP contribution < -0.4 is 4.72 Å². The van der Waals surface area contributed by atoms with Gasteiger partial charge in [0.25, 0.3) is 0 Å². The lowest BCUT2D eigenvalue weighted by molar-refractivity contribution is -0.135. The van der Waals surface area contributed by atoms with Gasteiger partial charge in [-0.1, -0.05) is 12.1 Å². The summed E-state index contributed by atoms with van der Waals surface area (Å²) in [6.07, 6.45) is 0.0354. The molecule has 0 saturated carbocycles. The van der Waals surface area contributed by atoms with E-state index in [-0.39, 0.29) is 18.9 Å². The topological polar surface area (TPSA) is 75.7 Å². The van der Waals surface area contributed by atoms with Crippen molar-refractivity contribution >= 4 is 15.9 Å². The van der Waals surface area contributed by atoms with Crippen LogP contribution in [0.3, 0.4) is 0 Å². The minimum Gasteiger partial charge on any atom is -0.378 e. The van der Waals surface area contributed by atoms with Gasteiger partial charge in [0.05, 0.1) is 13.2 Å². The lowest BCUT2D eigenvalue weighted by Crippen LogP contribution is -2.42. The van der Waals surface area contributed by atoms with E-state index in [4.69, 9.17) is 4.74 Å². The van der Waals surface area contributed by atoms with Gasteiger partial charge in [0.15, 0.2) is 0 Å². The highest BCUT2D eigenvalue weighted by molar-refractivity contribution is 7.89. The first-order valence-corrected chi connectivity index (χ1v) is 8.09. The number of morpholine rings is 1. The maximum Gasteiger partial charge on any atom is 0.243 e. The number of carbonyl (C=O) groups is 1. The first-order valence-electron chi connectivity index (χ1n) is 6.60. The summed E-state index contributed by atoms with van der Waals surface area (Å²) in [7, 11) is -3.94. The maximum atomic E-state index is 13.5. The van der Waals surface area contributed by atoms with Crippen LogP contribution >= 0.6 is 0 Å². The second-order valence-corrected chi connectivity index (χ2v) is 6.31. The van der Waals surface area contributed by atoms with Crippen molar-refractivity contribution in [1.82, 2.24) is 9.62 Å². The van der Waals surface area contributed by atoms with Crippen molar-refractivity contribution in [3.8, 4) is 0 Å². The number of benzene rings is 1. The van der Waals surface area contributed by atoms with Crippen molar-refractivity contribution in [3.63, 3.8) is 0 Å². The molecule has 116 valence electrons. The van der Waals surface area contributed by atoms with Gasteiger partial charge in [-0.2, -0.15) is 0 Å². The molecule has 0 atom stereocenters. The minimum absolute atomic E-state index is 0.0354. The first-order chi connectivity index (χ1) is 10.0. The summed E-state index contributed by atoms with van der Waals surface area (Å²) in [6.45, 7) is 1.95. The summed E-state index contributed by atoms with van der Waals surface area (Å²) in [5, 5.41) is 0. The first kappa shape index (κ1) is 15.9. The van der Waals surface area contributed by atoms with Crippen molar-refractivity contribution in [3.05, 3.63) is 30.1 Å². The SMILES string of the molecule is O=C(CCNS(=O)(=O)c1ccccc1F)N1CCOCC1. The largest absolute Gasteiger partial charge is 0.378 e. The molecule has 0 bridgehead atoms. The third-order valence-corrected chi connectivity index (χ3v) is 4.62. The summed E-state index contributed by atoms with van der Waals surface area (Å²) in [4.78, 5) is 13.1. The van der Waals surface area contributed by atoms with Crippen LogP contribution in [0.5, 0.6) is 0 Å². The van der Waals surface area contributed by atoms with Crippen LogP contribution in [0.4, 0.5) is 4.39 Å². The van der Waals surface area contributed by atoms with Crippen molar-refractivity contribution in [2.75, 3.05) is 32.8 Å². The molecule has 6 nitrogen and oxygen atoms in total. The molecular formula is C13H17FN2O4S. The second kappa shape index (κ2) is 6.97. The Hall–Kier alpha value is -1.51. The van der Waals surface area contributed by atoms with Gasteiger partial charge < -0.3 is 9.64 Å². The Labute approximate surface area is 122 Å². The van der Waals surface area contributed by atoms with Crippen LogP contribution in [-0.2, 0) is 19.6 Å². The normalized spacial score (nSPS) is 16.0. The fourth-order valence-corrected chi connectivity index (χ4v) is 3.11. The highest BCUT2D eigenvalue weighted by atomic mass is 32.2. The minimum atomic E-state index is -3.94. The van der Waals surface area contributed by atoms with Gasteiger partial charge in [0.2, 0.25) is 15.9 Å². The van der Waals surface area contributed by atoms with E-state index in [9.17, 15) is 17.6 Å². The zero-order valence-corrected chi connectivity index (χ0v) is 12.2. The summed E-state index contributed by atoms with van der Waals surface area (Å²) in [5.41, 5.74) is 0. The highest BCUT2D eigenvalue weighted by Gasteiger charge is 2.20. The molecule has 1 saturated heterocycles. The molecule has 2 rings (SSSR count). The Bertz CT molecular complexity index is 600. The van der Waals surface area contributed by atoms with E-state index < -0.39 is 20.7 Å². The molecule has 1 aromatic carbocycles. The molecule has 1 N–H and O–H groups in total. The molecule has 0 radical (unpaired) electrons. The van der Waals surface area contributed by atoms with E-state index in [1.807, 2.05) is 0 Å². The number of sulfonamides is 1. The standard InChI is InChI=1S/C13H17FN2O4S/c14-11-3-1-2-4-12(11)21(18,19)15-6-5-13(17)16-7-9-20-10-8-16/h1-4,15H,5-10H2. The Kier molecular flexibility index (Phi) is 5.27. The number of ether oxygens (including phenoxy) is 1. The van der Waals surface area contributed by atoms with Crippen LogP contribution in [0.15, 0.2) is 29.2 Å². The number of rotatable bonds is 5. The third kappa shape index (κ3) is 4.23. The lowest BCUT2D eigenvalue weighted by Gasteiger charge is -2.26. The van der Waals surface area contributed by atoms with Gasteiger partial charge in [-0.15, -0.1) is 0 Å². The molecular weight excluding hydrogens is 299 g/mol. The fraction of sp³-hybridized carbons (Fsp3) is 0.462. The summed E-state index contributed by atoms with van der Waals surface area (Å²) in [5.74, 6) is -0.959. The van der Waals surface area contributed by atoms with Gasteiger partial charge >= 0.3 is 0 Å². The number of nitrogens with one attached hydrogen (secondary N) is 1. The van der Waals surface area contributed by atoms with Crippen LogP contribution in [-0.4, -0.2) is 52.1 Å². The summed E-state index contributed by atoms with van der Waals surface area (Å²) < 4.78 is 44.7. The number of hydrogen-bond donors (Lipinski definition) is 1. The van der Waals surface area contributed by atoms with E-state index in [1.54, 1.807) is 4.90 Å². The fourth-order valence-electron chi connectivity index (χ4n) is 2.00. The number of carbonyl (C=O) groups excluding carboxylic acids is 1. The average molecular weight is 316 g/mol. The monoisotopic (exact) mass is 316 g/mol. The van der Waals surface area contributed by atoms with Gasteiger partial charge in [-0.25, -0.2) is 17.5 Å². The van der Waals surface area contributed by atoms with E-state index in [2.05, 4.69) is 4.72 Å². The average Bonchev–Trinajstić information content (AvgIpc) is 2.48. The number of amides is 1. The third-order valence-electron chi connectivity index (χ3n) is 3.12. The van der Waals surface area contributed by atoms with Crippen molar-refractivity contribution in [1.29, 1.82) is 0 Å². The molecule has 1 aliphatic heterocycles. The quantitative estimate of drug-likeness (QED) is 0.851. The van der Waals surface area contributed by atoms with Crippen molar-refractivity contribution in [2.24, 2.45) is 0 Å². The molecule has 0 aliphatic carbocycles. The van der Waals surface area contributed by atoms with Crippen molar-refractivity contribution in [2.45, 2.75) is 11.3 Å². The smallest absolute Gasteiger partial charge is 0.243 e. The molecule has 0 unspecified atom stereocenters. The summed E-state index contributed by atoms with van der Waals surface area (Å²) >= 11 is 0. The highest BCUT2D eigenvalue weighted by Crippen LogP contribution is 2.13.